The van der Waals surface area contributed by atoms with Crippen molar-refractivity contribution >= 4 is 0 Å². The predicted molar refractivity (Wildman–Crippen MR) is 125 cm³/mol. The van der Waals surface area contributed by atoms with E-state index in [-0.39, 0.29) is 32.3 Å². The second-order valence-corrected chi connectivity index (χ2v) is 7.94. The number of halogens is 4. The van der Waals surface area contributed by atoms with Crippen molar-refractivity contribution in [1.82, 2.24) is 0 Å². The summed E-state index contributed by atoms with van der Waals surface area (Å²) in [6, 6.07) is 0. The minimum atomic E-state index is -1.43. The van der Waals surface area contributed by atoms with Crippen molar-refractivity contribution < 1.29 is 43.8 Å². The molecule has 0 aromatic rings. The van der Waals surface area contributed by atoms with Crippen LogP contribution in [-0.4, -0.2) is 0 Å². The van der Waals surface area contributed by atoms with E-state index in [1.165, 1.54) is 83.5 Å². The summed E-state index contributed by atoms with van der Waals surface area (Å²) in [6.07, 6.45) is 26.9. The van der Waals surface area contributed by atoms with E-state index in [0.717, 1.165) is 6.92 Å². The number of allylic oxidation sites excluding steroid dienone is 9. The Hall–Kier alpha value is -0.827. The SMILES string of the molecule is CC1C(F)=C(F)C=C(F)[C-]1F.[CH-]=C/C=C/C=C/CCCCCCCCCCCCCC.[Zr+2]. The normalized spacial score (nSPS) is 16.1. The summed E-state index contributed by atoms with van der Waals surface area (Å²) in [7, 11) is 0. The van der Waals surface area contributed by atoms with Gasteiger partial charge in [-0.25, -0.2) is 25.3 Å². The molecule has 0 aromatic heterocycles. The first-order valence-electron chi connectivity index (χ1n) is 11.8. The van der Waals surface area contributed by atoms with Crippen molar-refractivity contribution in [2.75, 3.05) is 0 Å². The maximum Gasteiger partial charge on any atom is 2.00 e. The van der Waals surface area contributed by atoms with Crippen molar-refractivity contribution in [3.63, 3.8) is 0 Å². The summed E-state index contributed by atoms with van der Waals surface area (Å²) in [4.78, 5) is 0. The van der Waals surface area contributed by atoms with Crippen LogP contribution >= 0.6 is 0 Å². The van der Waals surface area contributed by atoms with Crippen molar-refractivity contribution in [3.8, 4) is 0 Å². The van der Waals surface area contributed by atoms with E-state index < -0.39 is 29.6 Å². The van der Waals surface area contributed by atoms with Crippen LogP contribution in [0, 0.1) is 18.7 Å². The molecule has 0 amide bonds. The standard InChI is InChI=1S/C20H35.C7H5F4.Zr/c1-3-5-7-9-11-13-15-17-19-20-18-16-14-12-10-8-6-4-2;1-3-6(10)4(8)2-5(9)7(3)11;/h1,3,5,7,9,11H,4,6,8,10,12-20H2,2H3;2-3H,1H3;/q2*-1;+2/b7-5+,11-9+;;. The quantitative estimate of drug-likeness (QED) is 0.0853. The molecule has 1 rings (SSSR count). The molecule has 0 aromatic carbocycles. The molecule has 0 N–H and O–H groups in total. The van der Waals surface area contributed by atoms with Crippen LogP contribution in [-0.2, 0) is 26.2 Å². The fourth-order valence-electron chi connectivity index (χ4n) is 3.18. The van der Waals surface area contributed by atoms with Gasteiger partial charge in [-0.15, -0.1) is 12.2 Å². The van der Waals surface area contributed by atoms with Crippen molar-refractivity contribution in [1.29, 1.82) is 0 Å². The Morgan fingerprint density at radius 1 is 0.844 bits per heavy atom. The maximum atomic E-state index is 12.4. The van der Waals surface area contributed by atoms with E-state index in [1.807, 2.05) is 12.2 Å². The summed E-state index contributed by atoms with van der Waals surface area (Å²) >= 11 is 0. The Balaban J connectivity index is 0. The monoisotopic (exact) mass is 530 g/mol. The molecule has 1 atom stereocenters. The molecule has 32 heavy (non-hydrogen) atoms. The number of hydrogen-bond acceptors (Lipinski definition) is 0. The first kappa shape index (κ1) is 33.3. The number of rotatable bonds is 15. The van der Waals surface area contributed by atoms with Gasteiger partial charge in [0.1, 0.15) is 5.83 Å². The smallest absolute Gasteiger partial charge is 0.321 e. The maximum absolute atomic E-state index is 12.4. The van der Waals surface area contributed by atoms with E-state index in [9.17, 15) is 17.6 Å². The van der Waals surface area contributed by atoms with Gasteiger partial charge in [0.2, 0.25) is 0 Å². The third-order valence-corrected chi connectivity index (χ3v) is 5.16. The van der Waals surface area contributed by atoms with Gasteiger partial charge in [0, 0.05) is 0 Å². The number of unbranched alkanes of at least 4 members (excludes halogenated alkanes) is 12. The summed E-state index contributed by atoms with van der Waals surface area (Å²) in [5, 5.41) is 0. The summed E-state index contributed by atoms with van der Waals surface area (Å²) < 4.78 is 49.4. The van der Waals surface area contributed by atoms with Gasteiger partial charge in [0.25, 0.3) is 0 Å². The first-order valence-corrected chi connectivity index (χ1v) is 11.8. The van der Waals surface area contributed by atoms with Gasteiger partial charge in [-0.3, -0.25) is 6.58 Å². The van der Waals surface area contributed by atoms with Crippen molar-refractivity contribution in [2.45, 2.75) is 97.3 Å². The molecule has 0 aliphatic heterocycles. The van der Waals surface area contributed by atoms with Crippen LogP contribution in [0.1, 0.15) is 97.3 Å². The van der Waals surface area contributed by atoms with E-state index in [4.69, 9.17) is 6.58 Å². The van der Waals surface area contributed by atoms with Crippen LogP contribution in [0.3, 0.4) is 0 Å². The average molecular weight is 532 g/mol. The molecule has 180 valence electrons. The Bertz CT molecular complexity index is 578. The molecule has 5 heteroatoms. The van der Waals surface area contributed by atoms with Gasteiger partial charge in [0.05, 0.1) is 5.83 Å². The Kier molecular flexibility index (Phi) is 24.3. The third kappa shape index (κ3) is 17.7. The molecule has 0 nitrogen and oxygen atoms in total. The van der Waals surface area contributed by atoms with Gasteiger partial charge < -0.3 is 4.39 Å². The van der Waals surface area contributed by atoms with Crippen LogP contribution in [0.5, 0.6) is 0 Å². The van der Waals surface area contributed by atoms with Crippen LogP contribution < -0.4 is 0 Å². The van der Waals surface area contributed by atoms with E-state index in [0.29, 0.717) is 0 Å². The van der Waals surface area contributed by atoms with Gasteiger partial charge in [-0.1, -0.05) is 96.6 Å². The second-order valence-electron chi connectivity index (χ2n) is 7.94. The predicted octanol–water partition coefficient (Wildman–Crippen LogP) is 10.3. The van der Waals surface area contributed by atoms with E-state index in [1.54, 1.807) is 6.08 Å². The largest absolute Gasteiger partial charge is 2.00 e. The topological polar surface area (TPSA) is 0 Å². The van der Waals surface area contributed by atoms with Gasteiger partial charge in [0.15, 0.2) is 0 Å². The summed E-state index contributed by atoms with van der Waals surface area (Å²) in [6.45, 7) is 8.58. The Morgan fingerprint density at radius 3 is 1.84 bits per heavy atom. The Morgan fingerprint density at radius 2 is 1.34 bits per heavy atom. The molecule has 0 heterocycles. The molecular formula is C27H40F4Zr. The van der Waals surface area contributed by atoms with Crippen LogP contribution in [0.25, 0.3) is 0 Å². The molecule has 0 spiro atoms. The molecule has 0 fully saturated rings. The fourth-order valence-corrected chi connectivity index (χ4v) is 3.18. The molecule has 0 radical (unpaired) electrons. The molecular weight excluding hydrogens is 492 g/mol. The molecule has 0 saturated heterocycles. The van der Waals surface area contributed by atoms with Gasteiger partial charge in [-0.05, 0) is 30.8 Å². The van der Waals surface area contributed by atoms with Crippen LogP contribution in [0.15, 0.2) is 53.9 Å². The van der Waals surface area contributed by atoms with Crippen LogP contribution in [0.2, 0.25) is 0 Å². The van der Waals surface area contributed by atoms with Crippen molar-refractivity contribution in [2.24, 2.45) is 5.92 Å². The Labute approximate surface area is 213 Å². The molecule has 1 aliphatic rings. The van der Waals surface area contributed by atoms with Crippen molar-refractivity contribution in [3.05, 3.63) is 66.7 Å². The van der Waals surface area contributed by atoms with E-state index in [2.05, 4.69) is 19.1 Å². The zero-order chi connectivity index (χ0) is 23.3. The third-order valence-electron chi connectivity index (χ3n) is 5.16. The second kappa shape index (κ2) is 23.3. The summed E-state index contributed by atoms with van der Waals surface area (Å²) in [5.41, 5.74) is 0. The average Bonchev–Trinajstić information content (AvgIpc) is 2.76. The van der Waals surface area contributed by atoms with E-state index >= 15 is 0 Å². The minimum absolute atomic E-state index is 0. The van der Waals surface area contributed by atoms with Gasteiger partial charge >= 0.3 is 26.2 Å². The molecule has 0 bridgehead atoms. The summed E-state index contributed by atoms with van der Waals surface area (Å²) in [5.74, 6) is -5.36. The fraction of sp³-hybridized carbons (Fsp3) is 0.593. The minimum Gasteiger partial charge on any atom is -0.321 e. The zero-order valence-electron chi connectivity index (χ0n) is 19.8. The molecule has 1 unspecified atom stereocenters. The van der Waals surface area contributed by atoms with Crippen LogP contribution in [0.4, 0.5) is 17.6 Å². The first-order chi connectivity index (χ1) is 15.0. The number of hydrogen-bond donors (Lipinski definition) is 0. The molecule has 1 aliphatic carbocycles. The molecule has 0 saturated carbocycles. The zero-order valence-corrected chi connectivity index (χ0v) is 22.3. The van der Waals surface area contributed by atoms with Gasteiger partial charge in [-0.2, -0.15) is 0 Å².